The number of sulfonamides is 1. The van der Waals surface area contributed by atoms with E-state index in [4.69, 9.17) is 14.2 Å². The minimum atomic E-state index is -3.62. The number of nitrogens with one attached hydrogen (secondary N) is 2. The van der Waals surface area contributed by atoms with E-state index in [0.29, 0.717) is 23.8 Å². The minimum absolute atomic E-state index is 0.0742. The first-order valence-electron chi connectivity index (χ1n) is 9.60. The fraction of sp³-hybridized carbons (Fsp3) is 0.286. The molecule has 2 N–H and O–H groups in total. The minimum Gasteiger partial charge on any atom is -0.454 e. The van der Waals surface area contributed by atoms with Gasteiger partial charge in [-0.15, -0.1) is 0 Å². The lowest BCUT2D eigenvalue weighted by Gasteiger charge is -2.11. The highest BCUT2D eigenvalue weighted by Crippen LogP contribution is 2.32. The maximum absolute atomic E-state index is 12.4. The average molecular weight is 430 g/mol. The van der Waals surface area contributed by atoms with Crippen LogP contribution in [0.15, 0.2) is 53.4 Å². The first-order chi connectivity index (χ1) is 14.5. The molecule has 0 aromatic heterocycles. The first-order valence-corrected chi connectivity index (χ1v) is 11.1. The zero-order valence-electron chi connectivity index (χ0n) is 16.2. The molecule has 0 spiro atoms. The van der Waals surface area contributed by atoms with Crippen molar-refractivity contribution < 1.29 is 27.4 Å². The first kappa shape index (κ1) is 20.4. The highest BCUT2D eigenvalue weighted by atomic mass is 32.2. The molecule has 2 aromatic rings. The van der Waals surface area contributed by atoms with Crippen molar-refractivity contribution >= 4 is 27.7 Å². The van der Waals surface area contributed by atoms with Crippen LogP contribution in [0.25, 0.3) is 6.08 Å². The van der Waals surface area contributed by atoms with Gasteiger partial charge in [0, 0.05) is 24.9 Å². The molecule has 2 aliphatic rings. The summed E-state index contributed by atoms with van der Waals surface area (Å²) in [6, 6.07) is 11.4. The van der Waals surface area contributed by atoms with Crippen LogP contribution in [-0.2, 0) is 19.6 Å². The number of hydrogen-bond acceptors (Lipinski definition) is 6. The molecule has 1 atom stereocenters. The number of hydrogen-bond donors (Lipinski definition) is 2. The van der Waals surface area contributed by atoms with Crippen molar-refractivity contribution in [3.05, 3.63) is 54.1 Å². The van der Waals surface area contributed by atoms with Gasteiger partial charge in [0.1, 0.15) is 0 Å². The summed E-state index contributed by atoms with van der Waals surface area (Å²) >= 11 is 0. The van der Waals surface area contributed by atoms with E-state index < -0.39 is 10.0 Å². The molecule has 158 valence electrons. The van der Waals surface area contributed by atoms with Crippen molar-refractivity contribution in [3.8, 4) is 11.5 Å². The van der Waals surface area contributed by atoms with Gasteiger partial charge in [-0.1, -0.05) is 6.07 Å². The molecule has 2 aromatic carbocycles. The predicted molar refractivity (Wildman–Crippen MR) is 111 cm³/mol. The third-order valence-corrected chi connectivity index (χ3v) is 6.22. The predicted octanol–water partition coefficient (Wildman–Crippen LogP) is 2.52. The van der Waals surface area contributed by atoms with E-state index in [-0.39, 0.29) is 30.2 Å². The molecule has 1 amide bonds. The molecule has 0 radical (unpaired) electrons. The topological polar surface area (TPSA) is 103 Å². The van der Waals surface area contributed by atoms with E-state index in [1.54, 1.807) is 30.3 Å². The Morgan fingerprint density at radius 2 is 1.90 bits per heavy atom. The molecule has 8 nitrogen and oxygen atoms in total. The molecule has 9 heteroatoms. The van der Waals surface area contributed by atoms with Crippen molar-refractivity contribution in [1.82, 2.24) is 4.72 Å². The summed E-state index contributed by atoms with van der Waals surface area (Å²) in [6.45, 7) is 1.12. The van der Waals surface area contributed by atoms with Crippen molar-refractivity contribution in [2.75, 3.05) is 25.3 Å². The SMILES string of the molecule is O=C(C=Cc1ccc2c(c1)OCO2)Nc1ccc(S(=O)(=O)NCC2CCCO2)cc1. The van der Waals surface area contributed by atoms with Crippen molar-refractivity contribution in [1.29, 1.82) is 0 Å². The number of amides is 1. The Kier molecular flexibility index (Phi) is 6.03. The molecule has 0 aliphatic carbocycles. The van der Waals surface area contributed by atoms with E-state index in [9.17, 15) is 13.2 Å². The van der Waals surface area contributed by atoms with Gasteiger partial charge in [-0.2, -0.15) is 0 Å². The van der Waals surface area contributed by atoms with E-state index in [2.05, 4.69) is 10.0 Å². The van der Waals surface area contributed by atoms with Crippen molar-refractivity contribution in [2.45, 2.75) is 23.8 Å². The molecule has 1 fully saturated rings. The van der Waals surface area contributed by atoms with Gasteiger partial charge in [0.25, 0.3) is 0 Å². The number of benzene rings is 2. The Morgan fingerprint density at radius 3 is 2.67 bits per heavy atom. The maximum atomic E-state index is 12.4. The maximum Gasteiger partial charge on any atom is 0.248 e. The van der Waals surface area contributed by atoms with Crippen LogP contribution in [0, 0.1) is 0 Å². The molecule has 4 rings (SSSR count). The van der Waals surface area contributed by atoms with Crippen LogP contribution in [0.3, 0.4) is 0 Å². The molecule has 0 saturated carbocycles. The second kappa shape index (κ2) is 8.86. The zero-order valence-corrected chi connectivity index (χ0v) is 17.0. The second-order valence-electron chi connectivity index (χ2n) is 6.95. The van der Waals surface area contributed by atoms with Crippen molar-refractivity contribution in [2.24, 2.45) is 0 Å². The molecule has 30 heavy (non-hydrogen) atoms. The number of carbonyl (C=O) groups is 1. The number of anilines is 1. The van der Waals surface area contributed by atoms with Gasteiger partial charge in [-0.25, -0.2) is 13.1 Å². The third-order valence-electron chi connectivity index (χ3n) is 4.78. The Hall–Kier alpha value is -2.88. The molecule has 2 aliphatic heterocycles. The summed E-state index contributed by atoms with van der Waals surface area (Å²) in [5.41, 5.74) is 1.29. The summed E-state index contributed by atoms with van der Waals surface area (Å²) < 4.78 is 43.3. The highest BCUT2D eigenvalue weighted by molar-refractivity contribution is 7.89. The van der Waals surface area contributed by atoms with Crippen LogP contribution in [0.2, 0.25) is 0 Å². The molecular formula is C21H22N2O6S. The van der Waals surface area contributed by atoms with Gasteiger partial charge in [-0.05, 0) is 60.9 Å². The van der Waals surface area contributed by atoms with E-state index in [1.165, 1.54) is 18.2 Å². The Labute approximate surface area is 174 Å². The fourth-order valence-corrected chi connectivity index (χ4v) is 4.25. The summed E-state index contributed by atoms with van der Waals surface area (Å²) in [5.74, 6) is 0.985. The molecule has 0 bridgehead atoms. The molecular weight excluding hydrogens is 408 g/mol. The van der Waals surface area contributed by atoms with Crippen LogP contribution < -0.4 is 19.5 Å². The Balaban J connectivity index is 1.32. The number of carbonyl (C=O) groups excluding carboxylic acids is 1. The number of ether oxygens (including phenoxy) is 3. The van der Waals surface area contributed by atoms with E-state index in [1.807, 2.05) is 6.07 Å². The van der Waals surface area contributed by atoms with Crippen LogP contribution in [0.4, 0.5) is 5.69 Å². The second-order valence-corrected chi connectivity index (χ2v) is 8.71. The average Bonchev–Trinajstić information content (AvgIpc) is 3.42. The largest absolute Gasteiger partial charge is 0.454 e. The van der Waals surface area contributed by atoms with Crippen LogP contribution in [-0.4, -0.2) is 40.4 Å². The fourth-order valence-electron chi connectivity index (χ4n) is 3.18. The monoisotopic (exact) mass is 430 g/mol. The summed E-state index contributed by atoms with van der Waals surface area (Å²) in [7, 11) is -3.62. The quantitative estimate of drug-likeness (QED) is 0.655. The Morgan fingerprint density at radius 1 is 1.10 bits per heavy atom. The van der Waals surface area contributed by atoms with Crippen molar-refractivity contribution in [3.63, 3.8) is 0 Å². The van der Waals surface area contributed by atoms with Gasteiger partial charge in [0.05, 0.1) is 11.0 Å². The number of fused-ring (bicyclic) bond motifs is 1. The smallest absolute Gasteiger partial charge is 0.248 e. The summed E-state index contributed by atoms with van der Waals surface area (Å²) in [4.78, 5) is 12.3. The van der Waals surface area contributed by atoms with Crippen LogP contribution >= 0.6 is 0 Å². The highest BCUT2D eigenvalue weighted by Gasteiger charge is 2.20. The Bertz CT molecular complexity index is 1040. The van der Waals surface area contributed by atoms with E-state index >= 15 is 0 Å². The van der Waals surface area contributed by atoms with Gasteiger partial charge in [0.15, 0.2) is 11.5 Å². The lowest BCUT2D eigenvalue weighted by molar-refractivity contribution is -0.111. The van der Waals surface area contributed by atoms with E-state index in [0.717, 1.165) is 18.4 Å². The van der Waals surface area contributed by atoms with Crippen LogP contribution in [0.5, 0.6) is 11.5 Å². The third kappa shape index (κ3) is 4.99. The number of rotatable bonds is 7. The normalized spacial score (nSPS) is 18.1. The lowest BCUT2D eigenvalue weighted by atomic mass is 10.2. The molecule has 1 unspecified atom stereocenters. The standard InChI is InChI=1S/C21H22N2O6S/c24-21(10-4-15-3-9-19-20(12-15)29-14-28-19)23-16-5-7-18(8-6-16)30(25,26)22-13-17-2-1-11-27-17/h3-10,12,17,22H,1-2,11,13-14H2,(H,23,24). The molecule has 1 saturated heterocycles. The zero-order chi connectivity index (χ0) is 21.0. The van der Waals surface area contributed by atoms with Gasteiger partial charge >= 0.3 is 0 Å². The van der Waals surface area contributed by atoms with Gasteiger partial charge in [-0.3, -0.25) is 4.79 Å². The summed E-state index contributed by atoms with van der Waals surface area (Å²) in [6.07, 6.45) is 4.78. The summed E-state index contributed by atoms with van der Waals surface area (Å²) in [5, 5.41) is 2.70. The van der Waals surface area contributed by atoms with Gasteiger partial charge in [0.2, 0.25) is 22.7 Å². The van der Waals surface area contributed by atoms with Crippen LogP contribution in [0.1, 0.15) is 18.4 Å². The molecule has 2 heterocycles. The van der Waals surface area contributed by atoms with Gasteiger partial charge < -0.3 is 19.5 Å². The lowest BCUT2D eigenvalue weighted by Crippen LogP contribution is -2.31.